The second kappa shape index (κ2) is 74.2. The number of ether oxygens (including phenoxy) is 4. The van der Waals surface area contributed by atoms with Gasteiger partial charge in [-0.3, -0.25) is 37.3 Å². The number of aliphatic hydroxyl groups excluding tert-OH is 1. The zero-order valence-electron chi connectivity index (χ0n) is 67.8. The Morgan fingerprint density at radius 1 is 0.262 bits per heavy atom. The number of phosphoric acid groups is 2. The fraction of sp³-hybridized carbons (Fsp3) is 0.952. The largest absolute Gasteiger partial charge is 0.472 e. The van der Waals surface area contributed by atoms with Gasteiger partial charge in [-0.15, -0.1) is 0 Å². The van der Waals surface area contributed by atoms with Gasteiger partial charge in [-0.2, -0.15) is 0 Å². The summed E-state index contributed by atoms with van der Waals surface area (Å²) in [4.78, 5) is 73.1. The summed E-state index contributed by atoms with van der Waals surface area (Å²) in [6, 6.07) is 0. The maximum atomic E-state index is 13.1. The van der Waals surface area contributed by atoms with Crippen LogP contribution in [-0.2, 0) is 65.4 Å². The number of carbonyl (C=O) groups is 4. The Kier molecular flexibility index (Phi) is 72.8. The predicted molar refractivity (Wildman–Crippen MR) is 423 cm³/mol. The van der Waals surface area contributed by atoms with Crippen LogP contribution in [0.2, 0.25) is 0 Å². The maximum Gasteiger partial charge on any atom is 0.472 e. The molecule has 0 rings (SSSR count). The van der Waals surface area contributed by atoms with E-state index in [4.69, 9.17) is 37.0 Å². The van der Waals surface area contributed by atoms with Crippen LogP contribution in [0, 0.1) is 17.8 Å². The molecule has 0 radical (unpaired) electrons. The van der Waals surface area contributed by atoms with Gasteiger partial charge in [0.05, 0.1) is 26.4 Å². The van der Waals surface area contributed by atoms with Crippen LogP contribution in [0.5, 0.6) is 0 Å². The number of aliphatic hydroxyl groups is 1. The summed E-state index contributed by atoms with van der Waals surface area (Å²) in [5, 5.41) is 10.7. The van der Waals surface area contributed by atoms with Crippen molar-refractivity contribution in [3.63, 3.8) is 0 Å². The summed E-state index contributed by atoms with van der Waals surface area (Å²) in [6.07, 6.45) is 64.0. The lowest BCUT2D eigenvalue weighted by Gasteiger charge is -2.21. The number of unbranched alkanes of at least 4 members (excludes halogenated alkanes) is 50. The second-order valence-electron chi connectivity index (χ2n) is 31.6. The Bertz CT molecular complexity index is 1990. The van der Waals surface area contributed by atoms with Crippen LogP contribution in [0.3, 0.4) is 0 Å². The molecule has 0 aliphatic carbocycles. The Balaban J connectivity index is 5.24. The highest BCUT2D eigenvalue weighted by molar-refractivity contribution is 7.47. The highest BCUT2D eigenvalue weighted by atomic mass is 31.2. The molecule has 0 aromatic rings. The van der Waals surface area contributed by atoms with Crippen molar-refractivity contribution in [1.29, 1.82) is 0 Å². The Hall–Kier alpha value is -1.94. The highest BCUT2D eigenvalue weighted by Crippen LogP contribution is 2.45. The molecule has 0 amide bonds. The molecular formula is C84H164O17P2. The average molecular weight is 1510 g/mol. The zero-order valence-corrected chi connectivity index (χ0v) is 69.6. The van der Waals surface area contributed by atoms with E-state index in [9.17, 15) is 43.2 Å². The average Bonchev–Trinajstić information content (AvgIpc) is 0.918. The number of phosphoric ester groups is 2. The van der Waals surface area contributed by atoms with Crippen LogP contribution >= 0.6 is 15.6 Å². The van der Waals surface area contributed by atoms with Crippen molar-refractivity contribution in [3.8, 4) is 0 Å². The van der Waals surface area contributed by atoms with E-state index in [1.165, 1.54) is 244 Å². The fourth-order valence-corrected chi connectivity index (χ4v) is 14.6. The van der Waals surface area contributed by atoms with Crippen LogP contribution in [0.1, 0.15) is 440 Å². The van der Waals surface area contributed by atoms with Crippen LogP contribution < -0.4 is 0 Å². The molecule has 5 atom stereocenters. The molecule has 2 unspecified atom stereocenters. The van der Waals surface area contributed by atoms with Gasteiger partial charge < -0.3 is 33.8 Å². The molecule has 0 aliphatic rings. The van der Waals surface area contributed by atoms with Crippen molar-refractivity contribution in [2.45, 2.75) is 458 Å². The smallest absolute Gasteiger partial charge is 0.462 e. The van der Waals surface area contributed by atoms with Gasteiger partial charge >= 0.3 is 39.5 Å². The Morgan fingerprint density at radius 2 is 0.447 bits per heavy atom. The molecule has 3 N–H and O–H groups in total. The molecule has 0 aromatic heterocycles. The van der Waals surface area contributed by atoms with Crippen LogP contribution in [0.4, 0.5) is 0 Å². The van der Waals surface area contributed by atoms with E-state index < -0.39 is 97.5 Å². The lowest BCUT2D eigenvalue weighted by Crippen LogP contribution is -2.30. The summed E-state index contributed by atoms with van der Waals surface area (Å²) in [5.41, 5.74) is 0. The SMILES string of the molecule is CCCCCCCCCCCCCCCCCCCCCCC(=O)O[C@H](COC(=O)CCCCCCCCCCCCCCCCC(C)C)COP(=O)(O)OC[C@@H](O)COP(=O)(O)OC[C@@H](COC(=O)CCCCCCCCCC(C)C)OC(=O)CCCCCCCCCCCCCCCC(C)C. The molecule has 17 nitrogen and oxygen atoms in total. The molecule has 103 heavy (non-hydrogen) atoms. The monoisotopic (exact) mass is 1510 g/mol. The molecule has 0 heterocycles. The minimum absolute atomic E-state index is 0.106. The van der Waals surface area contributed by atoms with Crippen molar-refractivity contribution in [3.05, 3.63) is 0 Å². The molecule has 0 saturated heterocycles. The fourth-order valence-electron chi connectivity index (χ4n) is 13.0. The molecular weight excluding hydrogens is 1340 g/mol. The molecule has 19 heteroatoms. The highest BCUT2D eigenvalue weighted by Gasteiger charge is 2.30. The minimum Gasteiger partial charge on any atom is -0.462 e. The summed E-state index contributed by atoms with van der Waals surface area (Å²) in [7, 11) is -9.93. The van der Waals surface area contributed by atoms with E-state index in [2.05, 4.69) is 48.5 Å². The molecule has 0 bridgehead atoms. The van der Waals surface area contributed by atoms with Gasteiger partial charge in [-0.05, 0) is 43.4 Å². The maximum absolute atomic E-state index is 13.1. The van der Waals surface area contributed by atoms with Crippen molar-refractivity contribution in [1.82, 2.24) is 0 Å². The molecule has 0 spiro atoms. The standard InChI is InChI=1S/C84H164O17P2/c1-8-9-10-11-12-13-14-15-16-17-18-19-20-21-28-33-38-45-53-60-67-83(88)100-79(71-94-81(86)65-58-51-44-37-32-27-23-22-25-30-35-41-48-55-62-75(2)3)73-98-102(90,91)96-69-78(85)70-97-103(92,93)99-74-80(72-95-82(87)66-59-52-47-40-43-50-57-64-77(6)7)101-84(89)68-61-54-46-39-34-29-24-26-31-36-42-49-56-63-76(4)5/h75-80,85H,8-74H2,1-7H3,(H,90,91)(H,92,93)/t78-,79-,80-/m1/s1. The van der Waals surface area contributed by atoms with Crippen LogP contribution in [0.15, 0.2) is 0 Å². The summed E-state index contributed by atoms with van der Waals surface area (Å²) < 4.78 is 68.8. The van der Waals surface area contributed by atoms with E-state index in [1.54, 1.807) is 0 Å². The van der Waals surface area contributed by atoms with E-state index in [0.717, 1.165) is 108 Å². The van der Waals surface area contributed by atoms with E-state index in [-0.39, 0.29) is 25.7 Å². The third-order valence-corrected chi connectivity index (χ3v) is 21.5. The van der Waals surface area contributed by atoms with E-state index >= 15 is 0 Å². The van der Waals surface area contributed by atoms with Gasteiger partial charge in [0.15, 0.2) is 12.2 Å². The minimum atomic E-state index is -4.96. The quantitative estimate of drug-likeness (QED) is 0.0222. The second-order valence-corrected chi connectivity index (χ2v) is 34.6. The lowest BCUT2D eigenvalue weighted by atomic mass is 10.0. The molecule has 0 aromatic carbocycles. The molecule has 612 valence electrons. The van der Waals surface area contributed by atoms with E-state index in [1.807, 2.05) is 0 Å². The van der Waals surface area contributed by atoms with Crippen molar-refractivity contribution >= 4 is 39.5 Å². The Morgan fingerprint density at radius 3 is 0.660 bits per heavy atom. The number of carbonyl (C=O) groups excluding carboxylic acids is 4. The third-order valence-electron chi connectivity index (χ3n) is 19.6. The van der Waals surface area contributed by atoms with Crippen molar-refractivity contribution in [2.24, 2.45) is 17.8 Å². The van der Waals surface area contributed by atoms with Crippen LogP contribution in [-0.4, -0.2) is 96.7 Å². The zero-order chi connectivity index (χ0) is 75.8. The number of rotatable bonds is 82. The van der Waals surface area contributed by atoms with Crippen LogP contribution in [0.25, 0.3) is 0 Å². The first-order valence-corrected chi connectivity index (χ1v) is 46.3. The number of esters is 4. The number of hydrogen-bond acceptors (Lipinski definition) is 15. The molecule has 0 aliphatic heterocycles. The lowest BCUT2D eigenvalue weighted by molar-refractivity contribution is -0.161. The van der Waals surface area contributed by atoms with Gasteiger partial charge in [-0.25, -0.2) is 9.13 Å². The van der Waals surface area contributed by atoms with E-state index in [0.29, 0.717) is 31.6 Å². The van der Waals surface area contributed by atoms with Gasteiger partial charge in [0, 0.05) is 25.7 Å². The van der Waals surface area contributed by atoms with Gasteiger partial charge in [0.25, 0.3) is 0 Å². The normalized spacial score (nSPS) is 13.9. The third kappa shape index (κ3) is 78.0. The first kappa shape index (κ1) is 101. The van der Waals surface area contributed by atoms with Gasteiger partial charge in [0.2, 0.25) is 0 Å². The molecule has 0 saturated carbocycles. The number of hydrogen-bond donors (Lipinski definition) is 3. The summed E-state index contributed by atoms with van der Waals surface area (Å²) >= 11 is 0. The van der Waals surface area contributed by atoms with Gasteiger partial charge in [-0.1, -0.05) is 389 Å². The van der Waals surface area contributed by atoms with Crippen molar-refractivity contribution < 1.29 is 80.2 Å². The first-order chi connectivity index (χ1) is 49.7. The summed E-state index contributed by atoms with van der Waals surface area (Å²) in [6.45, 7) is 11.9. The van der Waals surface area contributed by atoms with Crippen molar-refractivity contribution in [2.75, 3.05) is 39.6 Å². The first-order valence-electron chi connectivity index (χ1n) is 43.3. The van der Waals surface area contributed by atoms with Gasteiger partial charge in [0.1, 0.15) is 19.3 Å². The molecule has 0 fully saturated rings. The summed E-state index contributed by atoms with van der Waals surface area (Å²) in [5.74, 6) is 0.183. The topological polar surface area (TPSA) is 237 Å². The Labute approximate surface area is 632 Å². The predicted octanol–water partition coefficient (Wildman–Crippen LogP) is 25.3.